The van der Waals surface area contributed by atoms with E-state index < -0.39 is 17.6 Å². The quantitative estimate of drug-likeness (QED) is 0.716. The van der Waals surface area contributed by atoms with Crippen LogP contribution in [0, 0.1) is 11.9 Å². The van der Waals surface area contributed by atoms with Crippen LogP contribution in [0.5, 0.6) is 5.75 Å². The summed E-state index contributed by atoms with van der Waals surface area (Å²) in [6.07, 6.45) is 2.13. The van der Waals surface area contributed by atoms with Gasteiger partial charge in [-0.15, -0.1) is 0 Å². The summed E-state index contributed by atoms with van der Waals surface area (Å²) in [7, 11) is 1.60. The molecule has 5 rings (SSSR count). The molecule has 1 aromatic carbocycles. The predicted molar refractivity (Wildman–Crippen MR) is 103 cm³/mol. The van der Waals surface area contributed by atoms with Crippen LogP contribution in [0.15, 0.2) is 41.5 Å². The highest BCUT2D eigenvalue weighted by molar-refractivity contribution is 6.07. The van der Waals surface area contributed by atoms with Crippen molar-refractivity contribution in [2.45, 2.75) is 37.0 Å². The number of guanidine groups is 1. The molecule has 2 aromatic rings. The van der Waals surface area contributed by atoms with E-state index in [9.17, 15) is 14.3 Å². The summed E-state index contributed by atoms with van der Waals surface area (Å²) in [5.41, 5.74) is 6.32. The number of pyridine rings is 1. The van der Waals surface area contributed by atoms with Crippen LogP contribution in [-0.2, 0) is 10.3 Å². The van der Waals surface area contributed by atoms with Gasteiger partial charge in [-0.25, -0.2) is 9.98 Å². The second-order valence-corrected chi connectivity index (χ2v) is 7.88. The number of carbonyl (C=O) groups is 1. The van der Waals surface area contributed by atoms with E-state index in [1.54, 1.807) is 37.4 Å². The zero-order chi connectivity index (χ0) is 20.3. The molecule has 4 atom stereocenters. The average molecular weight is 396 g/mol. The standard InChI is InChI=1S/C21H21FN4O3/c1-26-19(28)21(25-20(26)23)14-6-5-12(27)10-17(14)29-16-7-4-11(9-15(16)21)13-3-2-8-24-18(13)22/h2-4,7-9,12,14,17,27H,5-6,10H2,1H3,(H2,23,25)/t12?,14-,17?,21?/m0/s1. The van der Waals surface area contributed by atoms with E-state index in [0.29, 0.717) is 41.7 Å². The summed E-state index contributed by atoms with van der Waals surface area (Å²) in [6.45, 7) is 0. The highest BCUT2D eigenvalue weighted by Crippen LogP contribution is 2.53. The Hall–Kier alpha value is -3.00. The maximum absolute atomic E-state index is 14.3. The molecule has 29 heavy (non-hydrogen) atoms. The number of hydrogen-bond donors (Lipinski definition) is 2. The van der Waals surface area contributed by atoms with Crippen LogP contribution in [0.25, 0.3) is 11.1 Å². The van der Waals surface area contributed by atoms with E-state index in [1.165, 1.54) is 11.1 Å². The van der Waals surface area contributed by atoms with Gasteiger partial charge < -0.3 is 15.6 Å². The Morgan fingerprint density at radius 2 is 2.17 bits per heavy atom. The van der Waals surface area contributed by atoms with Gasteiger partial charge in [0.05, 0.1) is 6.10 Å². The molecule has 1 saturated carbocycles. The second kappa shape index (κ2) is 6.25. The molecule has 0 saturated heterocycles. The number of aliphatic hydroxyl groups excluding tert-OH is 1. The third kappa shape index (κ3) is 2.48. The predicted octanol–water partition coefficient (Wildman–Crippen LogP) is 1.79. The first-order valence-electron chi connectivity index (χ1n) is 9.65. The Labute approximate surface area is 167 Å². The minimum absolute atomic E-state index is 0.144. The van der Waals surface area contributed by atoms with Crippen LogP contribution >= 0.6 is 0 Å². The smallest absolute Gasteiger partial charge is 0.262 e. The molecule has 8 heteroatoms. The summed E-state index contributed by atoms with van der Waals surface area (Å²) in [5.74, 6) is -0.424. The fraction of sp³-hybridized carbons (Fsp3) is 0.381. The van der Waals surface area contributed by atoms with Gasteiger partial charge in [0.2, 0.25) is 5.95 Å². The molecule has 0 bridgehead atoms. The van der Waals surface area contributed by atoms with Crippen molar-refractivity contribution in [1.82, 2.24) is 9.88 Å². The largest absolute Gasteiger partial charge is 0.490 e. The second-order valence-electron chi connectivity index (χ2n) is 7.88. The van der Waals surface area contributed by atoms with Gasteiger partial charge in [0.15, 0.2) is 11.5 Å². The van der Waals surface area contributed by atoms with Gasteiger partial charge >= 0.3 is 0 Å². The number of amides is 1. The van der Waals surface area contributed by atoms with Crippen molar-refractivity contribution in [2.75, 3.05) is 7.05 Å². The number of carbonyl (C=O) groups excluding carboxylic acids is 1. The summed E-state index contributed by atoms with van der Waals surface area (Å²) < 4.78 is 20.5. The number of hydrogen-bond acceptors (Lipinski definition) is 6. The maximum Gasteiger partial charge on any atom is 0.262 e. The minimum atomic E-state index is -1.23. The van der Waals surface area contributed by atoms with Gasteiger partial charge in [0, 0.05) is 36.7 Å². The topological polar surface area (TPSA) is 101 Å². The lowest BCUT2D eigenvalue weighted by atomic mass is 9.67. The van der Waals surface area contributed by atoms with Crippen LogP contribution in [0.2, 0.25) is 0 Å². The van der Waals surface area contributed by atoms with Gasteiger partial charge in [-0.05, 0) is 42.7 Å². The monoisotopic (exact) mass is 396 g/mol. The van der Waals surface area contributed by atoms with E-state index in [2.05, 4.69) is 9.98 Å². The Morgan fingerprint density at radius 3 is 2.90 bits per heavy atom. The number of fused-ring (bicyclic) bond motifs is 4. The first kappa shape index (κ1) is 18.1. The molecule has 3 heterocycles. The van der Waals surface area contributed by atoms with Crippen molar-refractivity contribution >= 4 is 11.9 Å². The molecule has 150 valence electrons. The van der Waals surface area contributed by atoms with Crippen molar-refractivity contribution in [1.29, 1.82) is 0 Å². The molecule has 3 N–H and O–H groups in total. The molecule has 1 fully saturated rings. The number of halogens is 1. The SMILES string of the molecule is CN1C(=O)C2(N=C1N)c1cc(-c3cccnc3F)ccc1OC1CC(O)CC[C@@H]12. The first-order chi connectivity index (χ1) is 13.9. The lowest BCUT2D eigenvalue weighted by Crippen LogP contribution is -2.55. The Kier molecular flexibility index (Phi) is 3.89. The molecular weight excluding hydrogens is 375 g/mol. The Bertz CT molecular complexity index is 1040. The van der Waals surface area contributed by atoms with Gasteiger partial charge in [0.1, 0.15) is 11.9 Å². The van der Waals surface area contributed by atoms with Gasteiger partial charge in [-0.2, -0.15) is 4.39 Å². The average Bonchev–Trinajstić information content (AvgIpc) is 2.93. The molecule has 1 aliphatic carbocycles. The maximum atomic E-state index is 14.3. The Balaban J connectivity index is 1.73. The number of aliphatic imine (C=N–C) groups is 1. The number of aromatic nitrogens is 1. The third-order valence-corrected chi connectivity index (χ3v) is 6.30. The molecule has 1 spiro atoms. The number of benzene rings is 1. The van der Waals surface area contributed by atoms with Crippen LogP contribution in [-0.4, -0.2) is 46.1 Å². The van der Waals surface area contributed by atoms with Crippen LogP contribution < -0.4 is 10.5 Å². The summed E-state index contributed by atoms with van der Waals surface area (Å²) in [6, 6.07) is 8.52. The highest BCUT2D eigenvalue weighted by Gasteiger charge is 2.60. The number of ether oxygens (including phenoxy) is 1. The van der Waals surface area contributed by atoms with E-state index in [4.69, 9.17) is 10.5 Å². The van der Waals surface area contributed by atoms with Gasteiger partial charge in [-0.1, -0.05) is 6.07 Å². The van der Waals surface area contributed by atoms with Gasteiger partial charge in [0.25, 0.3) is 5.91 Å². The molecule has 3 unspecified atom stereocenters. The van der Waals surface area contributed by atoms with E-state index in [0.717, 1.165) is 0 Å². The molecule has 1 amide bonds. The van der Waals surface area contributed by atoms with E-state index in [1.807, 2.05) is 0 Å². The highest BCUT2D eigenvalue weighted by atomic mass is 19.1. The summed E-state index contributed by atoms with van der Waals surface area (Å²) in [5, 5.41) is 10.1. The number of nitrogens with zero attached hydrogens (tertiary/aromatic N) is 3. The fourth-order valence-electron chi connectivity index (χ4n) is 4.86. The van der Waals surface area contributed by atoms with E-state index in [-0.39, 0.29) is 23.9 Å². The third-order valence-electron chi connectivity index (χ3n) is 6.30. The first-order valence-corrected chi connectivity index (χ1v) is 9.65. The zero-order valence-electron chi connectivity index (χ0n) is 15.9. The van der Waals surface area contributed by atoms with E-state index >= 15 is 0 Å². The van der Waals surface area contributed by atoms with Crippen LogP contribution in [0.4, 0.5) is 4.39 Å². The fourth-order valence-corrected chi connectivity index (χ4v) is 4.86. The van der Waals surface area contributed by atoms with Crippen molar-refractivity contribution in [2.24, 2.45) is 16.6 Å². The molecule has 7 nitrogen and oxygen atoms in total. The number of nitrogens with two attached hydrogens (primary N) is 1. The van der Waals surface area contributed by atoms with Crippen molar-refractivity contribution in [3.8, 4) is 16.9 Å². The van der Waals surface area contributed by atoms with Crippen molar-refractivity contribution in [3.63, 3.8) is 0 Å². The molecule has 0 radical (unpaired) electrons. The van der Waals surface area contributed by atoms with Crippen molar-refractivity contribution in [3.05, 3.63) is 48.0 Å². The summed E-state index contributed by atoms with van der Waals surface area (Å²) >= 11 is 0. The van der Waals surface area contributed by atoms with Crippen LogP contribution in [0.1, 0.15) is 24.8 Å². The van der Waals surface area contributed by atoms with Crippen molar-refractivity contribution < 1.29 is 19.0 Å². The lowest BCUT2D eigenvalue weighted by molar-refractivity contribution is -0.138. The molecule has 2 aliphatic heterocycles. The zero-order valence-corrected chi connectivity index (χ0v) is 15.9. The minimum Gasteiger partial charge on any atom is -0.490 e. The number of aliphatic hydroxyl groups is 1. The van der Waals surface area contributed by atoms with Crippen LogP contribution in [0.3, 0.4) is 0 Å². The number of rotatable bonds is 1. The molecule has 3 aliphatic rings. The Morgan fingerprint density at radius 1 is 1.34 bits per heavy atom. The summed E-state index contributed by atoms with van der Waals surface area (Å²) in [4.78, 5) is 23.2. The molecule has 1 aromatic heterocycles. The lowest BCUT2D eigenvalue weighted by Gasteiger charge is -2.46. The number of likely N-dealkylation sites (N-methyl/N-ethyl adjacent to an activating group) is 1. The normalized spacial score (nSPS) is 30.6. The molecular formula is C21H21FN4O3. The van der Waals surface area contributed by atoms with Gasteiger partial charge in [-0.3, -0.25) is 9.69 Å².